The standard InChI is InChI=1S/C24H31N3O2/c1-4-17(3)22(24(29)26-14-18-11-9-16(2)10-12-18)27-23(28)21-13-19-7-5-6-8-20(19)15-25-21/h5-12,17,21-22,25H,4,13-15H2,1-3H3,(H,26,29)(H,27,28)/t17-,21-,22+/m0/s1. The fraction of sp³-hybridized carbons (Fsp3) is 0.417. The predicted molar refractivity (Wildman–Crippen MR) is 115 cm³/mol. The van der Waals surface area contributed by atoms with Crippen molar-refractivity contribution in [2.45, 2.75) is 58.8 Å². The Bertz CT molecular complexity index is 847. The van der Waals surface area contributed by atoms with Gasteiger partial charge in [0.25, 0.3) is 0 Å². The van der Waals surface area contributed by atoms with Gasteiger partial charge in [0.05, 0.1) is 6.04 Å². The van der Waals surface area contributed by atoms with Crippen LogP contribution < -0.4 is 16.0 Å². The lowest BCUT2D eigenvalue weighted by atomic mass is 9.94. The summed E-state index contributed by atoms with van der Waals surface area (Å²) in [6.07, 6.45) is 1.45. The Kier molecular flexibility index (Phi) is 7.04. The van der Waals surface area contributed by atoms with Crippen LogP contribution in [0.3, 0.4) is 0 Å². The normalized spacial score (nSPS) is 17.7. The number of fused-ring (bicyclic) bond motifs is 1. The number of rotatable bonds is 7. The highest BCUT2D eigenvalue weighted by molar-refractivity contribution is 5.90. The van der Waals surface area contributed by atoms with Gasteiger partial charge in [0.15, 0.2) is 0 Å². The van der Waals surface area contributed by atoms with Crippen LogP contribution in [0.25, 0.3) is 0 Å². The first kappa shape index (κ1) is 21.1. The summed E-state index contributed by atoms with van der Waals surface area (Å²) in [5.74, 6) is -0.201. The summed E-state index contributed by atoms with van der Waals surface area (Å²) in [6, 6.07) is 15.4. The van der Waals surface area contributed by atoms with Crippen molar-refractivity contribution < 1.29 is 9.59 Å². The molecule has 3 N–H and O–H groups in total. The van der Waals surface area contributed by atoms with Gasteiger partial charge in [0.2, 0.25) is 11.8 Å². The number of hydrogen-bond donors (Lipinski definition) is 3. The summed E-state index contributed by atoms with van der Waals surface area (Å²) < 4.78 is 0. The second-order valence-electron chi connectivity index (χ2n) is 7.98. The van der Waals surface area contributed by atoms with Gasteiger partial charge in [0.1, 0.15) is 6.04 Å². The molecular weight excluding hydrogens is 362 g/mol. The molecule has 2 aromatic rings. The molecule has 0 unspecified atom stereocenters. The quantitative estimate of drug-likeness (QED) is 0.677. The maximum atomic E-state index is 12.9. The second kappa shape index (κ2) is 9.70. The van der Waals surface area contributed by atoms with E-state index in [0.717, 1.165) is 12.0 Å². The zero-order chi connectivity index (χ0) is 20.8. The van der Waals surface area contributed by atoms with Crippen LogP contribution in [0.1, 0.15) is 42.5 Å². The molecule has 154 valence electrons. The van der Waals surface area contributed by atoms with Crippen molar-refractivity contribution in [2.75, 3.05) is 0 Å². The molecule has 1 aliphatic heterocycles. The van der Waals surface area contributed by atoms with E-state index < -0.39 is 6.04 Å². The largest absolute Gasteiger partial charge is 0.350 e. The molecular formula is C24H31N3O2. The molecule has 5 nitrogen and oxygen atoms in total. The fourth-order valence-electron chi connectivity index (χ4n) is 3.60. The van der Waals surface area contributed by atoms with E-state index in [0.29, 0.717) is 19.5 Å². The van der Waals surface area contributed by atoms with Crippen molar-refractivity contribution in [3.63, 3.8) is 0 Å². The zero-order valence-corrected chi connectivity index (χ0v) is 17.5. The molecule has 3 rings (SSSR count). The Balaban J connectivity index is 1.61. The molecule has 0 fully saturated rings. The van der Waals surface area contributed by atoms with Gasteiger partial charge in [-0.2, -0.15) is 0 Å². The SMILES string of the molecule is CC[C@H](C)[C@@H](NC(=O)[C@@H]1Cc2ccccc2CN1)C(=O)NCc1ccc(C)cc1. The summed E-state index contributed by atoms with van der Waals surface area (Å²) in [5.41, 5.74) is 4.65. The molecule has 1 heterocycles. The van der Waals surface area contributed by atoms with Crippen molar-refractivity contribution in [3.8, 4) is 0 Å². The van der Waals surface area contributed by atoms with E-state index in [1.807, 2.05) is 57.2 Å². The lowest BCUT2D eigenvalue weighted by molar-refractivity contribution is -0.131. The average molecular weight is 394 g/mol. The fourth-order valence-corrected chi connectivity index (χ4v) is 3.60. The number of hydrogen-bond acceptors (Lipinski definition) is 3. The minimum Gasteiger partial charge on any atom is -0.350 e. The van der Waals surface area contributed by atoms with Gasteiger partial charge in [-0.05, 0) is 36.0 Å². The van der Waals surface area contributed by atoms with E-state index in [2.05, 4.69) is 28.1 Å². The second-order valence-corrected chi connectivity index (χ2v) is 7.98. The molecule has 0 bridgehead atoms. The lowest BCUT2D eigenvalue weighted by Gasteiger charge is -2.29. The summed E-state index contributed by atoms with van der Waals surface area (Å²) in [5, 5.41) is 9.28. The minimum atomic E-state index is -0.545. The Morgan fingerprint density at radius 2 is 1.79 bits per heavy atom. The molecule has 29 heavy (non-hydrogen) atoms. The van der Waals surface area contributed by atoms with Crippen molar-refractivity contribution >= 4 is 11.8 Å². The van der Waals surface area contributed by atoms with E-state index >= 15 is 0 Å². The first-order chi connectivity index (χ1) is 14.0. The van der Waals surface area contributed by atoms with E-state index in [1.54, 1.807) is 0 Å². The van der Waals surface area contributed by atoms with Crippen molar-refractivity contribution in [2.24, 2.45) is 5.92 Å². The first-order valence-electron chi connectivity index (χ1n) is 10.4. The maximum Gasteiger partial charge on any atom is 0.243 e. The van der Waals surface area contributed by atoms with Gasteiger partial charge in [-0.1, -0.05) is 74.4 Å². The molecule has 2 amide bonds. The van der Waals surface area contributed by atoms with E-state index in [4.69, 9.17) is 0 Å². The number of nitrogens with one attached hydrogen (secondary N) is 3. The molecule has 0 saturated carbocycles. The predicted octanol–water partition coefficient (Wildman–Crippen LogP) is 2.86. The van der Waals surface area contributed by atoms with Gasteiger partial charge in [0, 0.05) is 13.1 Å². The number of amides is 2. The van der Waals surface area contributed by atoms with Crippen molar-refractivity contribution in [1.82, 2.24) is 16.0 Å². The van der Waals surface area contributed by atoms with Gasteiger partial charge in [-0.15, -0.1) is 0 Å². The van der Waals surface area contributed by atoms with Crippen LogP contribution in [0.4, 0.5) is 0 Å². The molecule has 0 saturated heterocycles. The minimum absolute atomic E-state index is 0.0489. The zero-order valence-electron chi connectivity index (χ0n) is 17.5. The van der Waals surface area contributed by atoms with Crippen LogP contribution in [0, 0.1) is 12.8 Å². The molecule has 3 atom stereocenters. The van der Waals surface area contributed by atoms with Crippen molar-refractivity contribution in [1.29, 1.82) is 0 Å². The molecule has 5 heteroatoms. The molecule has 0 aliphatic carbocycles. The topological polar surface area (TPSA) is 70.2 Å². The van der Waals surface area contributed by atoms with Crippen LogP contribution in [-0.2, 0) is 29.1 Å². The lowest BCUT2D eigenvalue weighted by Crippen LogP contribution is -2.56. The van der Waals surface area contributed by atoms with Gasteiger partial charge in [-0.3, -0.25) is 9.59 Å². The molecule has 0 radical (unpaired) electrons. The van der Waals surface area contributed by atoms with E-state index in [9.17, 15) is 9.59 Å². The smallest absolute Gasteiger partial charge is 0.243 e. The highest BCUT2D eigenvalue weighted by Gasteiger charge is 2.30. The molecule has 2 aromatic carbocycles. The van der Waals surface area contributed by atoms with Crippen LogP contribution in [-0.4, -0.2) is 23.9 Å². The summed E-state index contributed by atoms with van der Waals surface area (Å²) in [6.45, 7) is 7.19. The molecule has 0 aromatic heterocycles. The highest BCUT2D eigenvalue weighted by atomic mass is 16.2. The number of aryl methyl sites for hydroxylation is 1. The number of carbonyl (C=O) groups is 2. The maximum absolute atomic E-state index is 12.9. The molecule has 1 aliphatic rings. The Hall–Kier alpha value is -2.66. The third-order valence-corrected chi connectivity index (χ3v) is 5.78. The van der Waals surface area contributed by atoms with Crippen LogP contribution in [0.15, 0.2) is 48.5 Å². The summed E-state index contributed by atoms with van der Waals surface area (Å²) in [4.78, 5) is 25.8. The van der Waals surface area contributed by atoms with Crippen LogP contribution in [0.2, 0.25) is 0 Å². The Labute approximate surface area is 173 Å². The third kappa shape index (κ3) is 5.45. The first-order valence-corrected chi connectivity index (χ1v) is 10.4. The van der Waals surface area contributed by atoms with Crippen molar-refractivity contribution in [3.05, 3.63) is 70.8 Å². The average Bonchev–Trinajstić information content (AvgIpc) is 2.75. The van der Waals surface area contributed by atoms with Crippen LogP contribution >= 0.6 is 0 Å². The Morgan fingerprint density at radius 3 is 2.48 bits per heavy atom. The number of carbonyl (C=O) groups excluding carboxylic acids is 2. The highest BCUT2D eigenvalue weighted by Crippen LogP contribution is 2.17. The number of benzene rings is 2. The van der Waals surface area contributed by atoms with E-state index in [1.165, 1.54) is 16.7 Å². The molecule has 0 spiro atoms. The van der Waals surface area contributed by atoms with Gasteiger partial charge >= 0.3 is 0 Å². The summed E-state index contributed by atoms with van der Waals surface area (Å²) >= 11 is 0. The summed E-state index contributed by atoms with van der Waals surface area (Å²) in [7, 11) is 0. The van der Waals surface area contributed by atoms with Crippen LogP contribution in [0.5, 0.6) is 0 Å². The Morgan fingerprint density at radius 1 is 1.10 bits per heavy atom. The third-order valence-electron chi connectivity index (χ3n) is 5.78. The van der Waals surface area contributed by atoms with Gasteiger partial charge in [-0.25, -0.2) is 0 Å². The van der Waals surface area contributed by atoms with E-state index in [-0.39, 0.29) is 23.8 Å². The monoisotopic (exact) mass is 393 g/mol. The van der Waals surface area contributed by atoms with Gasteiger partial charge < -0.3 is 16.0 Å².